The topological polar surface area (TPSA) is 71.3 Å². The molecule has 2 aromatic carbocycles. The van der Waals surface area contributed by atoms with E-state index in [2.05, 4.69) is 5.32 Å². The quantitative estimate of drug-likeness (QED) is 0.502. The molecule has 0 aliphatic heterocycles. The highest BCUT2D eigenvalue weighted by Gasteiger charge is 2.15. The number of aryl methyl sites for hydroxylation is 1. The van der Waals surface area contributed by atoms with Gasteiger partial charge in [-0.05, 0) is 69.2 Å². The molecule has 5 nitrogen and oxygen atoms in total. The van der Waals surface area contributed by atoms with E-state index in [9.17, 15) is 10.1 Å². The van der Waals surface area contributed by atoms with E-state index >= 15 is 0 Å². The number of hydrogen-bond donors (Lipinski definition) is 1. The molecule has 0 fully saturated rings. The zero-order valence-corrected chi connectivity index (χ0v) is 17.1. The van der Waals surface area contributed by atoms with Gasteiger partial charge in [-0.2, -0.15) is 5.26 Å². The van der Waals surface area contributed by atoms with Crippen molar-refractivity contribution in [3.8, 4) is 17.6 Å². The molecule has 6 heteroatoms. The summed E-state index contributed by atoms with van der Waals surface area (Å²) in [6, 6.07) is 12.6. The van der Waals surface area contributed by atoms with E-state index < -0.39 is 5.91 Å². The Bertz CT molecular complexity index is 930. The first-order valence-electron chi connectivity index (χ1n) is 8.96. The van der Waals surface area contributed by atoms with Crippen LogP contribution >= 0.6 is 11.6 Å². The number of carbonyl (C=O) groups is 1. The Morgan fingerprint density at radius 3 is 2.68 bits per heavy atom. The summed E-state index contributed by atoms with van der Waals surface area (Å²) >= 11 is 6.35. The Morgan fingerprint density at radius 1 is 1.32 bits per heavy atom. The van der Waals surface area contributed by atoms with Crippen molar-refractivity contribution in [2.24, 2.45) is 0 Å². The van der Waals surface area contributed by atoms with E-state index in [0.717, 1.165) is 5.56 Å². The number of benzene rings is 2. The van der Waals surface area contributed by atoms with Crippen LogP contribution in [0.4, 0.5) is 5.69 Å². The first-order valence-corrected chi connectivity index (χ1v) is 9.34. The smallest absolute Gasteiger partial charge is 0.266 e. The van der Waals surface area contributed by atoms with E-state index in [1.165, 1.54) is 6.08 Å². The molecule has 2 aromatic rings. The fraction of sp³-hybridized carbons (Fsp3) is 0.273. The summed E-state index contributed by atoms with van der Waals surface area (Å²) in [6.07, 6.45) is 1.39. The largest absolute Gasteiger partial charge is 0.490 e. The molecule has 0 bridgehead atoms. The maximum Gasteiger partial charge on any atom is 0.266 e. The van der Waals surface area contributed by atoms with Gasteiger partial charge in [0.05, 0.1) is 17.7 Å². The van der Waals surface area contributed by atoms with Crippen molar-refractivity contribution in [3.05, 3.63) is 58.1 Å². The Balaban J connectivity index is 2.34. The maximum atomic E-state index is 12.5. The number of nitriles is 1. The van der Waals surface area contributed by atoms with Gasteiger partial charge in [0.25, 0.3) is 5.91 Å². The van der Waals surface area contributed by atoms with Gasteiger partial charge < -0.3 is 14.8 Å². The molecule has 28 heavy (non-hydrogen) atoms. The van der Waals surface area contributed by atoms with Gasteiger partial charge in [-0.25, -0.2) is 0 Å². The average molecular weight is 399 g/mol. The van der Waals surface area contributed by atoms with E-state index in [-0.39, 0.29) is 11.7 Å². The summed E-state index contributed by atoms with van der Waals surface area (Å²) in [5.41, 5.74) is 2.16. The predicted molar refractivity (Wildman–Crippen MR) is 112 cm³/mol. The molecule has 1 N–H and O–H groups in total. The van der Waals surface area contributed by atoms with Crippen molar-refractivity contribution in [1.29, 1.82) is 5.26 Å². The molecule has 0 radical (unpaired) electrons. The van der Waals surface area contributed by atoms with Gasteiger partial charge in [0, 0.05) is 5.69 Å². The monoisotopic (exact) mass is 398 g/mol. The van der Waals surface area contributed by atoms with Gasteiger partial charge in [0.15, 0.2) is 11.5 Å². The van der Waals surface area contributed by atoms with Gasteiger partial charge in [0.2, 0.25) is 0 Å². The van der Waals surface area contributed by atoms with Gasteiger partial charge in [-0.1, -0.05) is 23.7 Å². The number of halogens is 1. The second-order valence-corrected chi connectivity index (χ2v) is 6.83. The molecule has 0 aliphatic rings. The van der Waals surface area contributed by atoms with Crippen LogP contribution in [-0.2, 0) is 4.79 Å². The third-order valence-corrected chi connectivity index (χ3v) is 3.92. The molecule has 146 valence electrons. The molecule has 0 atom stereocenters. The van der Waals surface area contributed by atoms with Crippen LogP contribution in [0, 0.1) is 18.3 Å². The minimum Gasteiger partial charge on any atom is -0.490 e. The summed E-state index contributed by atoms with van der Waals surface area (Å²) in [5, 5.41) is 12.5. The van der Waals surface area contributed by atoms with Crippen LogP contribution in [0.25, 0.3) is 6.08 Å². The molecule has 0 saturated heterocycles. The van der Waals surface area contributed by atoms with E-state index in [0.29, 0.717) is 34.4 Å². The van der Waals surface area contributed by atoms with Crippen molar-refractivity contribution in [1.82, 2.24) is 0 Å². The first kappa shape index (κ1) is 21.3. The highest BCUT2D eigenvalue weighted by molar-refractivity contribution is 6.32. The molecule has 0 unspecified atom stereocenters. The number of nitrogens with zero attached hydrogens (tertiary/aromatic N) is 1. The molecule has 0 saturated carbocycles. The van der Waals surface area contributed by atoms with Gasteiger partial charge >= 0.3 is 0 Å². The van der Waals surface area contributed by atoms with Crippen LogP contribution in [0.15, 0.2) is 42.0 Å². The SMILES string of the molecule is CCOc1cc(/C=C(\C#N)C(=O)Nc2cccc(C)c2)cc(Cl)c1OC(C)C. The van der Waals surface area contributed by atoms with Crippen LogP contribution < -0.4 is 14.8 Å². The van der Waals surface area contributed by atoms with Gasteiger partial charge in [-0.15, -0.1) is 0 Å². The molecule has 0 aromatic heterocycles. The summed E-state index contributed by atoms with van der Waals surface area (Å²) in [5.74, 6) is 0.411. The molecular weight excluding hydrogens is 376 g/mol. The lowest BCUT2D eigenvalue weighted by Gasteiger charge is -2.16. The number of rotatable bonds is 7. The number of anilines is 1. The number of amides is 1. The Labute approximate surface area is 170 Å². The average Bonchev–Trinajstić information content (AvgIpc) is 2.62. The zero-order chi connectivity index (χ0) is 20.7. The number of hydrogen-bond acceptors (Lipinski definition) is 4. The molecule has 1 amide bonds. The van der Waals surface area contributed by atoms with E-state index in [4.69, 9.17) is 21.1 Å². The minimum absolute atomic E-state index is 0.0439. The molecular formula is C22H23ClN2O3. The lowest BCUT2D eigenvalue weighted by atomic mass is 10.1. The van der Waals surface area contributed by atoms with E-state index in [1.807, 2.05) is 52.0 Å². The normalized spacial score (nSPS) is 11.1. The minimum atomic E-state index is -0.496. The van der Waals surface area contributed by atoms with Crippen LogP contribution in [0.5, 0.6) is 11.5 Å². The highest BCUT2D eigenvalue weighted by atomic mass is 35.5. The number of carbonyl (C=O) groups excluding carboxylic acids is 1. The Hall–Kier alpha value is -2.97. The molecule has 2 rings (SSSR count). The number of nitrogens with one attached hydrogen (secondary N) is 1. The molecule has 0 heterocycles. The third-order valence-electron chi connectivity index (χ3n) is 3.64. The van der Waals surface area contributed by atoms with Gasteiger partial charge in [0.1, 0.15) is 11.6 Å². The molecule has 0 aliphatic carbocycles. The zero-order valence-electron chi connectivity index (χ0n) is 16.4. The lowest BCUT2D eigenvalue weighted by Crippen LogP contribution is -2.13. The Morgan fingerprint density at radius 2 is 2.07 bits per heavy atom. The second-order valence-electron chi connectivity index (χ2n) is 6.42. The molecule has 0 spiro atoms. The first-order chi connectivity index (χ1) is 13.3. The summed E-state index contributed by atoms with van der Waals surface area (Å²) in [4.78, 5) is 12.5. The van der Waals surface area contributed by atoms with Crippen LogP contribution in [0.3, 0.4) is 0 Å². The summed E-state index contributed by atoms with van der Waals surface area (Å²) in [6.45, 7) is 7.99. The standard InChI is InChI=1S/C22H23ClN2O3/c1-5-27-20-12-16(11-19(23)21(20)28-14(2)3)10-17(13-24)22(26)25-18-8-6-7-15(4)9-18/h6-12,14H,5H2,1-4H3,(H,25,26)/b17-10+. The van der Waals surface area contributed by atoms with E-state index in [1.54, 1.807) is 18.2 Å². The van der Waals surface area contributed by atoms with Crippen LogP contribution in [-0.4, -0.2) is 18.6 Å². The Kier molecular flexibility index (Phi) is 7.48. The van der Waals surface area contributed by atoms with Crippen molar-refractivity contribution >= 4 is 29.3 Å². The van der Waals surface area contributed by atoms with Crippen molar-refractivity contribution in [2.45, 2.75) is 33.8 Å². The predicted octanol–water partition coefficient (Wildman–Crippen LogP) is 5.38. The van der Waals surface area contributed by atoms with Crippen LogP contribution in [0.2, 0.25) is 5.02 Å². The number of ether oxygens (including phenoxy) is 2. The lowest BCUT2D eigenvalue weighted by molar-refractivity contribution is -0.112. The van der Waals surface area contributed by atoms with Crippen molar-refractivity contribution in [2.75, 3.05) is 11.9 Å². The fourth-order valence-corrected chi connectivity index (χ4v) is 2.78. The summed E-state index contributed by atoms with van der Waals surface area (Å²) in [7, 11) is 0. The van der Waals surface area contributed by atoms with Crippen LogP contribution in [0.1, 0.15) is 31.9 Å². The summed E-state index contributed by atoms with van der Waals surface area (Å²) < 4.78 is 11.4. The van der Waals surface area contributed by atoms with Gasteiger partial charge in [-0.3, -0.25) is 4.79 Å². The van der Waals surface area contributed by atoms with Crippen molar-refractivity contribution < 1.29 is 14.3 Å². The third kappa shape index (κ3) is 5.77. The fourth-order valence-electron chi connectivity index (χ4n) is 2.52. The second kappa shape index (κ2) is 9.82. The van der Waals surface area contributed by atoms with Crippen molar-refractivity contribution in [3.63, 3.8) is 0 Å². The highest BCUT2D eigenvalue weighted by Crippen LogP contribution is 2.38. The maximum absolute atomic E-state index is 12.5.